The molecule has 0 bridgehead atoms. The fourth-order valence-corrected chi connectivity index (χ4v) is 4.28. The zero-order valence-corrected chi connectivity index (χ0v) is 24.6. The molecule has 8 nitrogen and oxygen atoms in total. The van der Waals surface area contributed by atoms with Gasteiger partial charge in [0.15, 0.2) is 0 Å². The van der Waals surface area contributed by atoms with Crippen molar-refractivity contribution in [3.8, 4) is 0 Å². The Balaban J connectivity index is 1.55. The first kappa shape index (κ1) is 32.5. The van der Waals surface area contributed by atoms with Crippen molar-refractivity contribution < 1.29 is 19.2 Å². The normalized spacial score (nSPS) is 10.6. The minimum Gasteiger partial charge on any atom is -0.349 e. The van der Waals surface area contributed by atoms with E-state index in [1.165, 1.54) is 0 Å². The van der Waals surface area contributed by atoms with Gasteiger partial charge in [-0.05, 0) is 61.1 Å². The van der Waals surface area contributed by atoms with Crippen molar-refractivity contribution in [2.75, 3.05) is 38.8 Å². The molecule has 0 radical (unpaired) electrons. The number of carbonyl (C=O) groups excluding carboxylic acids is 4. The van der Waals surface area contributed by atoms with Crippen LogP contribution in [0.5, 0.6) is 0 Å². The molecule has 0 unspecified atom stereocenters. The highest BCUT2D eigenvalue weighted by Gasteiger charge is 2.08. The molecule has 218 valence electrons. The van der Waals surface area contributed by atoms with Crippen LogP contribution < -0.4 is 10.6 Å². The number of carbonyl (C=O) groups is 4. The van der Waals surface area contributed by atoms with Gasteiger partial charge in [-0.3, -0.25) is 19.2 Å². The van der Waals surface area contributed by atoms with Crippen LogP contribution in [0.1, 0.15) is 75.3 Å². The number of aryl methyl sites for hydroxylation is 2. The van der Waals surface area contributed by atoms with Crippen LogP contribution in [-0.4, -0.2) is 61.6 Å². The van der Waals surface area contributed by atoms with Gasteiger partial charge >= 0.3 is 0 Å². The number of unbranched alkanes of at least 4 members (excludes halogenated alkanes) is 5. The predicted molar refractivity (Wildman–Crippen MR) is 161 cm³/mol. The van der Waals surface area contributed by atoms with Crippen LogP contribution in [0.2, 0.25) is 0 Å². The second-order valence-electron chi connectivity index (χ2n) is 10.7. The molecule has 0 saturated heterocycles. The Morgan fingerprint density at radius 1 is 0.550 bits per heavy atom. The molecule has 2 aromatic carbocycles. The molecule has 0 atom stereocenters. The lowest BCUT2D eigenvalue weighted by Gasteiger charge is -2.11. The van der Waals surface area contributed by atoms with E-state index in [0.29, 0.717) is 38.5 Å². The highest BCUT2D eigenvalue weighted by Crippen LogP contribution is 2.16. The topological polar surface area (TPSA) is 98.8 Å². The summed E-state index contributed by atoms with van der Waals surface area (Å²) < 4.78 is 0. The standard InChI is InChI=1S/C32H46N4O4/c1-35(2)31(39)21-19-25-13-11-15-27(23-25)33-29(37)17-9-7-5-6-8-10-18-30(38)34-28-16-12-14-26(24-28)20-22-32(40)36(3)4/h11-16,23-24H,5-10,17-22H2,1-4H3,(H,33,37)(H,34,38). The van der Waals surface area contributed by atoms with Crippen LogP contribution in [0.25, 0.3) is 0 Å². The van der Waals surface area contributed by atoms with Crippen LogP contribution in [0.3, 0.4) is 0 Å². The van der Waals surface area contributed by atoms with Crippen molar-refractivity contribution in [2.45, 2.75) is 77.0 Å². The number of hydrogen-bond acceptors (Lipinski definition) is 4. The van der Waals surface area contributed by atoms with E-state index in [2.05, 4.69) is 10.6 Å². The summed E-state index contributed by atoms with van der Waals surface area (Å²) in [6.07, 6.45) is 8.86. The van der Waals surface area contributed by atoms with Crippen LogP contribution in [0, 0.1) is 0 Å². The average Bonchev–Trinajstić information content (AvgIpc) is 2.92. The Bertz CT molecular complexity index is 1030. The van der Waals surface area contributed by atoms with E-state index in [1.54, 1.807) is 38.0 Å². The maximum Gasteiger partial charge on any atom is 0.224 e. The molecule has 0 spiro atoms. The molecule has 40 heavy (non-hydrogen) atoms. The minimum atomic E-state index is 0.00607. The molecule has 0 heterocycles. The molecule has 2 aromatic rings. The third kappa shape index (κ3) is 13.4. The number of nitrogens with one attached hydrogen (secondary N) is 2. The second kappa shape index (κ2) is 17.8. The molecule has 2 rings (SSSR count). The summed E-state index contributed by atoms with van der Waals surface area (Å²) in [5, 5.41) is 5.92. The Labute approximate surface area is 239 Å². The minimum absolute atomic E-state index is 0.00607. The SMILES string of the molecule is CN(C)C(=O)CCc1cccc(NC(=O)CCCCCCCCC(=O)Nc2cccc(CCC(=O)N(C)C)c2)c1. The van der Waals surface area contributed by atoms with E-state index >= 15 is 0 Å². The van der Waals surface area contributed by atoms with E-state index in [0.717, 1.165) is 61.0 Å². The highest BCUT2D eigenvalue weighted by atomic mass is 16.2. The van der Waals surface area contributed by atoms with Gasteiger partial charge in [0, 0.05) is 65.2 Å². The molecule has 0 saturated carbocycles. The van der Waals surface area contributed by atoms with Crippen molar-refractivity contribution in [3.63, 3.8) is 0 Å². The largest absolute Gasteiger partial charge is 0.349 e. The molecule has 4 amide bonds. The van der Waals surface area contributed by atoms with Crippen molar-refractivity contribution in [1.29, 1.82) is 0 Å². The van der Waals surface area contributed by atoms with Crippen LogP contribution in [0.4, 0.5) is 11.4 Å². The van der Waals surface area contributed by atoms with Gasteiger partial charge in [0.05, 0.1) is 0 Å². The van der Waals surface area contributed by atoms with Crippen LogP contribution in [0.15, 0.2) is 48.5 Å². The quantitative estimate of drug-likeness (QED) is 0.257. The molecule has 0 fully saturated rings. The fourth-order valence-electron chi connectivity index (χ4n) is 4.28. The summed E-state index contributed by atoms with van der Waals surface area (Å²) >= 11 is 0. The summed E-state index contributed by atoms with van der Waals surface area (Å²) in [5.41, 5.74) is 3.60. The Morgan fingerprint density at radius 3 is 1.30 bits per heavy atom. The third-order valence-electron chi connectivity index (χ3n) is 6.73. The van der Waals surface area contributed by atoms with Crippen molar-refractivity contribution >= 4 is 35.0 Å². The zero-order valence-electron chi connectivity index (χ0n) is 24.6. The Morgan fingerprint density at radius 2 is 0.925 bits per heavy atom. The molecule has 0 aliphatic rings. The molecule has 0 aromatic heterocycles. The summed E-state index contributed by atoms with van der Waals surface area (Å²) in [7, 11) is 7.00. The van der Waals surface area contributed by atoms with Crippen molar-refractivity contribution in [2.24, 2.45) is 0 Å². The highest BCUT2D eigenvalue weighted by molar-refractivity contribution is 5.91. The first-order valence-electron chi connectivity index (χ1n) is 14.3. The van der Waals surface area contributed by atoms with Gasteiger partial charge in [0.25, 0.3) is 0 Å². The number of benzene rings is 2. The van der Waals surface area contributed by atoms with E-state index in [1.807, 2.05) is 48.5 Å². The molecule has 8 heteroatoms. The first-order chi connectivity index (χ1) is 19.1. The molecule has 0 aliphatic carbocycles. The maximum atomic E-state index is 12.3. The monoisotopic (exact) mass is 550 g/mol. The third-order valence-corrected chi connectivity index (χ3v) is 6.73. The average molecular weight is 551 g/mol. The lowest BCUT2D eigenvalue weighted by atomic mass is 10.1. The molecular weight excluding hydrogens is 504 g/mol. The van der Waals surface area contributed by atoms with Gasteiger partial charge in [-0.25, -0.2) is 0 Å². The van der Waals surface area contributed by atoms with Gasteiger partial charge < -0.3 is 20.4 Å². The van der Waals surface area contributed by atoms with E-state index in [9.17, 15) is 19.2 Å². The summed E-state index contributed by atoms with van der Waals surface area (Å²) in [4.78, 5) is 51.4. The van der Waals surface area contributed by atoms with Crippen LogP contribution in [-0.2, 0) is 32.0 Å². The number of hydrogen-bond donors (Lipinski definition) is 2. The zero-order chi connectivity index (χ0) is 29.3. The first-order valence-corrected chi connectivity index (χ1v) is 14.3. The summed E-state index contributed by atoms with van der Waals surface area (Å²) in [6, 6.07) is 15.4. The molecule has 0 aliphatic heterocycles. The van der Waals surface area contributed by atoms with Gasteiger partial charge in [-0.2, -0.15) is 0 Å². The molecule has 2 N–H and O–H groups in total. The number of anilines is 2. The van der Waals surface area contributed by atoms with Gasteiger partial charge in [0.2, 0.25) is 23.6 Å². The second-order valence-corrected chi connectivity index (χ2v) is 10.7. The van der Waals surface area contributed by atoms with E-state index in [4.69, 9.17) is 0 Å². The van der Waals surface area contributed by atoms with E-state index < -0.39 is 0 Å². The number of amides is 4. The van der Waals surface area contributed by atoms with Crippen molar-refractivity contribution in [3.05, 3.63) is 59.7 Å². The van der Waals surface area contributed by atoms with Crippen LogP contribution >= 0.6 is 0 Å². The van der Waals surface area contributed by atoms with Gasteiger partial charge in [-0.1, -0.05) is 49.9 Å². The van der Waals surface area contributed by atoms with Gasteiger partial charge in [0.1, 0.15) is 0 Å². The summed E-state index contributed by atoms with van der Waals surface area (Å²) in [5.74, 6) is 0.189. The lowest BCUT2D eigenvalue weighted by Crippen LogP contribution is -2.21. The number of rotatable bonds is 17. The predicted octanol–water partition coefficient (Wildman–Crippen LogP) is 5.43. The smallest absolute Gasteiger partial charge is 0.224 e. The van der Waals surface area contributed by atoms with Gasteiger partial charge in [-0.15, -0.1) is 0 Å². The Hall–Kier alpha value is -3.68. The fraction of sp³-hybridized carbons (Fsp3) is 0.500. The number of nitrogens with zero attached hydrogens (tertiary/aromatic N) is 2. The van der Waals surface area contributed by atoms with Crippen molar-refractivity contribution in [1.82, 2.24) is 9.80 Å². The lowest BCUT2D eigenvalue weighted by molar-refractivity contribution is -0.129. The van der Waals surface area contributed by atoms with E-state index in [-0.39, 0.29) is 23.6 Å². The molecular formula is C32H46N4O4. The maximum absolute atomic E-state index is 12.3. The Kier molecular flexibility index (Phi) is 14.5. The summed E-state index contributed by atoms with van der Waals surface area (Å²) in [6.45, 7) is 0.